The van der Waals surface area contributed by atoms with E-state index in [4.69, 9.17) is 10.8 Å². The number of para-hydroxylation sites is 3. The predicted octanol–water partition coefficient (Wildman–Crippen LogP) is 13.4. The first kappa shape index (κ1) is 40.3. The molecular formula is C51H53IrN3OSi-2. The molecule has 293 valence electrons. The Morgan fingerprint density at radius 1 is 0.772 bits per heavy atom. The maximum atomic E-state index is 8.20. The van der Waals surface area contributed by atoms with Gasteiger partial charge in [0, 0.05) is 43.8 Å². The molecule has 0 N–H and O–H groups in total. The van der Waals surface area contributed by atoms with Crippen LogP contribution in [0.15, 0.2) is 132 Å². The molecule has 0 aliphatic heterocycles. The van der Waals surface area contributed by atoms with E-state index in [0.29, 0.717) is 17.5 Å². The SMILES string of the molecule is CC(C)Cc1cc(-c2[c-]cccc2)ncc1[Si](C)(C)C.[2H]c1ccc2o[c-]c(-c3nc4ccccc4n3-c3c(C(C)C)cc(-c4ccccc4)cc3C(C)C)c2c1.[Ir]. The van der Waals surface area contributed by atoms with E-state index in [-0.39, 0.29) is 31.9 Å². The van der Waals surface area contributed by atoms with Crippen LogP contribution in [-0.4, -0.2) is 22.6 Å². The zero-order chi connectivity index (χ0) is 40.4. The van der Waals surface area contributed by atoms with Gasteiger partial charge < -0.3 is 14.0 Å². The second-order valence-corrected chi connectivity index (χ2v) is 21.8. The van der Waals surface area contributed by atoms with Gasteiger partial charge in [-0.15, -0.1) is 42.0 Å². The molecule has 8 aromatic rings. The molecule has 0 atom stereocenters. The number of hydrogen-bond donors (Lipinski definition) is 0. The van der Waals surface area contributed by atoms with Crippen molar-refractivity contribution in [3.8, 4) is 39.5 Å². The Morgan fingerprint density at radius 2 is 1.46 bits per heavy atom. The summed E-state index contributed by atoms with van der Waals surface area (Å²) in [6.07, 6.45) is 6.36. The average Bonchev–Trinajstić information content (AvgIpc) is 3.78. The number of fused-ring (bicyclic) bond motifs is 2. The Morgan fingerprint density at radius 3 is 2.11 bits per heavy atom. The van der Waals surface area contributed by atoms with Crippen molar-refractivity contribution in [1.29, 1.82) is 0 Å². The van der Waals surface area contributed by atoms with Crippen LogP contribution in [0.1, 0.15) is 71.4 Å². The van der Waals surface area contributed by atoms with E-state index in [2.05, 4.69) is 162 Å². The topological polar surface area (TPSA) is 43.9 Å². The van der Waals surface area contributed by atoms with Gasteiger partial charge in [0.05, 0.1) is 26.3 Å². The fraction of sp³-hybridized carbons (Fsp3) is 0.255. The van der Waals surface area contributed by atoms with Crippen molar-refractivity contribution in [1.82, 2.24) is 14.5 Å². The molecule has 0 unspecified atom stereocenters. The van der Waals surface area contributed by atoms with Gasteiger partial charge in [-0.1, -0.05) is 144 Å². The molecule has 0 aliphatic rings. The predicted molar refractivity (Wildman–Crippen MR) is 239 cm³/mol. The van der Waals surface area contributed by atoms with Crippen molar-refractivity contribution < 1.29 is 25.9 Å². The number of pyridine rings is 1. The van der Waals surface area contributed by atoms with Crippen LogP contribution in [0.25, 0.3) is 61.5 Å². The van der Waals surface area contributed by atoms with Crippen molar-refractivity contribution in [2.24, 2.45) is 5.92 Å². The molecule has 1 radical (unpaired) electrons. The van der Waals surface area contributed by atoms with Gasteiger partial charge in [-0.05, 0) is 81.6 Å². The Balaban J connectivity index is 0.000000230. The fourth-order valence-corrected chi connectivity index (χ4v) is 9.13. The van der Waals surface area contributed by atoms with Gasteiger partial charge in [0.1, 0.15) is 0 Å². The quantitative estimate of drug-likeness (QED) is 0.107. The minimum Gasteiger partial charge on any atom is -0.557 e. The third kappa shape index (κ3) is 8.99. The summed E-state index contributed by atoms with van der Waals surface area (Å²) in [7, 11) is -1.34. The minimum absolute atomic E-state index is 0. The van der Waals surface area contributed by atoms with Crippen LogP contribution < -0.4 is 5.19 Å². The molecule has 5 aromatic carbocycles. The van der Waals surface area contributed by atoms with E-state index in [0.717, 1.165) is 51.2 Å². The molecule has 0 fully saturated rings. The van der Waals surface area contributed by atoms with Gasteiger partial charge in [0.2, 0.25) is 0 Å². The molecule has 0 spiro atoms. The minimum atomic E-state index is -1.34. The molecule has 0 saturated heterocycles. The molecule has 8 rings (SSSR count). The number of imidazole rings is 1. The second kappa shape index (κ2) is 17.7. The number of benzene rings is 5. The summed E-state index contributed by atoms with van der Waals surface area (Å²) in [5.74, 6) is 2.02. The van der Waals surface area contributed by atoms with Crippen LogP contribution >= 0.6 is 0 Å². The van der Waals surface area contributed by atoms with Gasteiger partial charge in [-0.2, -0.15) is 0 Å². The van der Waals surface area contributed by atoms with E-state index >= 15 is 0 Å². The maximum absolute atomic E-state index is 8.20. The molecule has 0 amide bonds. The van der Waals surface area contributed by atoms with Crippen molar-refractivity contribution in [2.45, 2.75) is 79.4 Å². The van der Waals surface area contributed by atoms with E-state index in [1.807, 2.05) is 36.4 Å². The Bertz CT molecular complexity index is 2610. The van der Waals surface area contributed by atoms with Gasteiger partial charge >= 0.3 is 0 Å². The third-order valence-electron chi connectivity index (χ3n) is 10.3. The van der Waals surface area contributed by atoms with Crippen molar-refractivity contribution in [3.63, 3.8) is 0 Å². The van der Waals surface area contributed by atoms with Crippen LogP contribution in [0.4, 0.5) is 0 Å². The van der Waals surface area contributed by atoms with E-state index in [1.165, 1.54) is 33.0 Å². The maximum Gasteiger partial charge on any atom is 0.0798 e. The summed E-state index contributed by atoms with van der Waals surface area (Å²) >= 11 is 0. The van der Waals surface area contributed by atoms with Crippen LogP contribution in [0, 0.1) is 18.2 Å². The van der Waals surface area contributed by atoms with Crippen LogP contribution in [0.2, 0.25) is 19.6 Å². The molecule has 6 heteroatoms. The van der Waals surface area contributed by atoms with Gasteiger partial charge in [0.15, 0.2) is 0 Å². The fourth-order valence-electron chi connectivity index (χ4n) is 7.54. The first-order valence-electron chi connectivity index (χ1n) is 20.4. The largest absolute Gasteiger partial charge is 0.557 e. The summed E-state index contributed by atoms with van der Waals surface area (Å²) in [4.78, 5) is 9.79. The van der Waals surface area contributed by atoms with Crippen molar-refractivity contribution >= 4 is 35.3 Å². The first-order chi connectivity index (χ1) is 27.3. The van der Waals surface area contributed by atoms with Crippen LogP contribution in [0.3, 0.4) is 0 Å². The van der Waals surface area contributed by atoms with Crippen molar-refractivity contribution in [2.75, 3.05) is 0 Å². The number of furan rings is 1. The Hall–Kier alpha value is -4.87. The second-order valence-electron chi connectivity index (χ2n) is 16.8. The smallest absolute Gasteiger partial charge is 0.0798 e. The Kier molecular flexibility index (Phi) is 12.5. The zero-order valence-electron chi connectivity index (χ0n) is 35.6. The van der Waals surface area contributed by atoms with Crippen LogP contribution in [0.5, 0.6) is 0 Å². The summed E-state index contributed by atoms with van der Waals surface area (Å²) in [5, 5.41) is 2.34. The standard InChI is InChI=1S/C33H29N2O.C18H24NSi.Ir/c1-21(2)26-18-24(23-12-6-5-7-13-23)19-27(22(3)4)32(26)35-30-16-10-9-15-29(30)34-33(35)28-20-36-31-17-11-8-14-25(28)31;1-14(2)11-16-12-17(15-9-7-6-8-10-15)19-13-18(16)20(3,4)5;/h5-19,21-22H,1-4H3;6-9,12-14H,11H2,1-5H3;/q2*-1;/i8D;;. The molecule has 57 heavy (non-hydrogen) atoms. The first-order valence-corrected chi connectivity index (χ1v) is 23.4. The summed E-state index contributed by atoms with van der Waals surface area (Å²) < 4.78 is 16.3. The molecular weight excluding hydrogens is 891 g/mol. The number of aromatic nitrogens is 3. The van der Waals surface area contributed by atoms with Gasteiger partial charge in [0.25, 0.3) is 0 Å². The molecule has 4 nitrogen and oxygen atoms in total. The number of nitrogens with zero attached hydrogens (tertiary/aromatic N) is 3. The zero-order valence-corrected chi connectivity index (χ0v) is 38.0. The molecule has 0 aliphatic carbocycles. The monoisotopic (exact) mass is 945 g/mol. The summed E-state index contributed by atoms with van der Waals surface area (Å²) in [6, 6.07) is 43.0. The number of rotatable bonds is 9. The number of hydrogen-bond acceptors (Lipinski definition) is 3. The molecule has 0 saturated carbocycles. The van der Waals surface area contributed by atoms with Gasteiger partial charge in [-0.3, -0.25) is 4.98 Å². The van der Waals surface area contributed by atoms with E-state index in [9.17, 15) is 0 Å². The molecule has 3 heterocycles. The van der Waals surface area contributed by atoms with Crippen LogP contribution in [-0.2, 0) is 26.5 Å². The molecule has 0 bridgehead atoms. The summed E-state index contributed by atoms with van der Waals surface area (Å²) in [5.41, 5.74) is 13.2. The van der Waals surface area contributed by atoms with Gasteiger partial charge in [-0.25, -0.2) is 0 Å². The third-order valence-corrected chi connectivity index (χ3v) is 12.4. The molecule has 3 aromatic heterocycles. The van der Waals surface area contributed by atoms with E-state index in [1.54, 1.807) is 6.07 Å². The van der Waals surface area contributed by atoms with Crippen molar-refractivity contribution in [3.05, 3.63) is 157 Å². The normalized spacial score (nSPS) is 11.9. The Labute approximate surface area is 355 Å². The summed E-state index contributed by atoms with van der Waals surface area (Å²) in [6.45, 7) is 20.7. The van der Waals surface area contributed by atoms with E-state index < -0.39 is 8.07 Å². The average molecular weight is 945 g/mol.